The van der Waals surface area contributed by atoms with Gasteiger partial charge in [0.15, 0.2) is 5.76 Å². The van der Waals surface area contributed by atoms with Gasteiger partial charge in [-0.05, 0) is 19.8 Å². The maximum Gasteiger partial charge on any atom is 0.325 e. The van der Waals surface area contributed by atoms with Crippen LogP contribution in [0.1, 0.15) is 30.1 Å². The second-order valence-corrected chi connectivity index (χ2v) is 6.27. The molecule has 2 amide bonds. The molecule has 1 aromatic carbocycles. The molecule has 0 radical (unpaired) electrons. The largest absolute Gasteiger partial charge is 0.354 e. The minimum absolute atomic E-state index is 0.353. The molecule has 0 unspecified atom stereocenters. The lowest BCUT2D eigenvalue weighted by Gasteiger charge is -2.08. The smallest absolute Gasteiger partial charge is 0.325 e. The predicted molar refractivity (Wildman–Crippen MR) is 94.5 cm³/mol. The molecule has 2 aromatic heterocycles. The van der Waals surface area contributed by atoms with E-state index < -0.39 is 0 Å². The number of carbonyl (C=O) groups is 1. The maximum atomic E-state index is 12.4. The molecule has 0 atom stereocenters. The van der Waals surface area contributed by atoms with E-state index in [9.17, 15) is 4.79 Å². The van der Waals surface area contributed by atoms with Crippen LogP contribution in [0.3, 0.4) is 0 Å². The standard InChI is InChI=1S/C18H19N5O2/c1-11-16(17(25-22-11)13-6-4-3-5-7-13)20-18(24)19-15-10-14(12-8-9-12)21-23(15)2/h3-7,10,12H,8-9H2,1-2H3,(H2,19,20,24). The lowest BCUT2D eigenvalue weighted by atomic mass is 10.1. The van der Waals surface area contributed by atoms with Gasteiger partial charge >= 0.3 is 6.03 Å². The zero-order valence-electron chi connectivity index (χ0n) is 14.1. The Labute approximate surface area is 145 Å². The molecule has 2 heterocycles. The zero-order chi connectivity index (χ0) is 17.4. The maximum absolute atomic E-state index is 12.4. The van der Waals surface area contributed by atoms with Gasteiger partial charge in [-0.1, -0.05) is 35.5 Å². The summed E-state index contributed by atoms with van der Waals surface area (Å²) in [6, 6.07) is 11.1. The molecule has 4 rings (SSSR count). The van der Waals surface area contributed by atoms with Crippen LogP contribution in [0, 0.1) is 6.92 Å². The summed E-state index contributed by atoms with van der Waals surface area (Å²) in [6.45, 7) is 1.79. The van der Waals surface area contributed by atoms with Gasteiger partial charge in [0.05, 0.1) is 5.69 Å². The third-order valence-electron chi connectivity index (χ3n) is 4.27. The van der Waals surface area contributed by atoms with Crippen LogP contribution in [0.2, 0.25) is 0 Å². The Morgan fingerprint density at radius 1 is 1.24 bits per heavy atom. The van der Waals surface area contributed by atoms with E-state index in [2.05, 4.69) is 20.9 Å². The summed E-state index contributed by atoms with van der Waals surface area (Å²) in [6.07, 6.45) is 2.34. The molecule has 7 nitrogen and oxygen atoms in total. The molecular formula is C18H19N5O2. The van der Waals surface area contributed by atoms with Gasteiger partial charge in [-0.25, -0.2) is 4.79 Å². The van der Waals surface area contributed by atoms with Gasteiger partial charge in [-0.3, -0.25) is 10.00 Å². The molecule has 1 fully saturated rings. The number of nitrogens with one attached hydrogen (secondary N) is 2. The fourth-order valence-electron chi connectivity index (χ4n) is 2.75. The quantitative estimate of drug-likeness (QED) is 0.756. The van der Waals surface area contributed by atoms with E-state index in [1.54, 1.807) is 11.6 Å². The van der Waals surface area contributed by atoms with E-state index in [0.717, 1.165) is 11.3 Å². The molecular weight excluding hydrogens is 318 g/mol. The highest BCUT2D eigenvalue weighted by Gasteiger charge is 2.27. The summed E-state index contributed by atoms with van der Waals surface area (Å²) in [7, 11) is 1.82. The number of aryl methyl sites for hydroxylation is 2. The van der Waals surface area contributed by atoms with Crippen molar-refractivity contribution < 1.29 is 9.32 Å². The molecule has 7 heteroatoms. The van der Waals surface area contributed by atoms with Crippen LogP contribution in [-0.4, -0.2) is 21.0 Å². The summed E-state index contributed by atoms with van der Waals surface area (Å²) < 4.78 is 7.08. The number of anilines is 2. The summed E-state index contributed by atoms with van der Waals surface area (Å²) in [5, 5.41) is 14.1. The van der Waals surface area contributed by atoms with Crippen LogP contribution in [-0.2, 0) is 7.05 Å². The van der Waals surface area contributed by atoms with E-state index >= 15 is 0 Å². The monoisotopic (exact) mass is 337 g/mol. The molecule has 1 saturated carbocycles. The van der Waals surface area contributed by atoms with Crippen molar-refractivity contribution in [2.75, 3.05) is 10.6 Å². The Kier molecular flexibility index (Phi) is 3.76. The topological polar surface area (TPSA) is 85.0 Å². The van der Waals surface area contributed by atoms with Crippen LogP contribution < -0.4 is 10.6 Å². The number of rotatable bonds is 4. The number of aromatic nitrogens is 3. The highest BCUT2D eigenvalue weighted by molar-refractivity contribution is 6.01. The lowest BCUT2D eigenvalue weighted by Crippen LogP contribution is -2.21. The fourth-order valence-corrected chi connectivity index (χ4v) is 2.75. The van der Waals surface area contributed by atoms with E-state index in [1.165, 1.54) is 12.8 Å². The van der Waals surface area contributed by atoms with Gasteiger partial charge in [-0.15, -0.1) is 0 Å². The second kappa shape index (κ2) is 6.08. The van der Waals surface area contributed by atoms with Crippen LogP contribution in [0.15, 0.2) is 40.9 Å². The molecule has 0 bridgehead atoms. The number of amides is 2. The summed E-state index contributed by atoms with van der Waals surface area (Å²) in [5.41, 5.74) is 3.07. The second-order valence-electron chi connectivity index (χ2n) is 6.27. The van der Waals surface area contributed by atoms with E-state index in [4.69, 9.17) is 4.52 Å². The molecule has 0 spiro atoms. The van der Waals surface area contributed by atoms with Gasteiger partial charge in [0.25, 0.3) is 0 Å². The Morgan fingerprint density at radius 2 is 2.00 bits per heavy atom. The summed E-state index contributed by atoms with van der Waals surface area (Å²) in [5.74, 6) is 1.74. The molecule has 2 N–H and O–H groups in total. The molecule has 0 aliphatic heterocycles. The number of benzene rings is 1. The van der Waals surface area contributed by atoms with Gasteiger partial charge < -0.3 is 9.84 Å². The van der Waals surface area contributed by atoms with Crippen molar-refractivity contribution in [1.29, 1.82) is 0 Å². The Morgan fingerprint density at radius 3 is 2.72 bits per heavy atom. The predicted octanol–water partition coefficient (Wildman–Crippen LogP) is 3.90. The third-order valence-corrected chi connectivity index (χ3v) is 4.27. The first-order valence-corrected chi connectivity index (χ1v) is 8.25. The molecule has 1 aliphatic rings. The first-order valence-electron chi connectivity index (χ1n) is 8.25. The third kappa shape index (κ3) is 3.13. The van der Waals surface area contributed by atoms with Crippen LogP contribution in [0.25, 0.3) is 11.3 Å². The van der Waals surface area contributed by atoms with Crippen LogP contribution >= 0.6 is 0 Å². The van der Waals surface area contributed by atoms with Crippen molar-refractivity contribution >= 4 is 17.5 Å². The lowest BCUT2D eigenvalue weighted by molar-refractivity contribution is 0.262. The van der Waals surface area contributed by atoms with Crippen molar-refractivity contribution in [2.24, 2.45) is 7.05 Å². The SMILES string of the molecule is Cc1noc(-c2ccccc2)c1NC(=O)Nc1cc(C2CC2)nn1C. The van der Waals surface area contributed by atoms with Crippen molar-refractivity contribution in [1.82, 2.24) is 14.9 Å². The molecule has 25 heavy (non-hydrogen) atoms. The number of urea groups is 1. The number of hydrogen-bond acceptors (Lipinski definition) is 4. The van der Waals surface area contributed by atoms with Gasteiger partial charge in [0.2, 0.25) is 0 Å². The Bertz CT molecular complexity index is 909. The van der Waals surface area contributed by atoms with E-state index in [1.807, 2.05) is 43.4 Å². The zero-order valence-corrected chi connectivity index (χ0v) is 14.1. The van der Waals surface area contributed by atoms with Crippen LogP contribution in [0.5, 0.6) is 0 Å². The summed E-state index contributed by atoms with van der Waals surface area (Å²) in [4.78, 5) is 12.4. The van der Waals surface area contributed by atoms with Crippen LogP contribution in [0.4, 0.5) is 16.3 Å². The van der Waals surface area contributed by atoms with Crippen molar-refractivity contribution in [2.45, 2.75) is 25.7 Å². The average Bonchev–Trinajstić information content (AvgIpc) is 3.31. The molecule has 128 valence electrons. The highest BCUT2D eigenvalue weighted by atomic mass is 16.5. The van der Waals surface area contributed by atoms with E-state index in [-0.39, 0.29) is 6.03 Å². The van der Waals surface area contributed by atoms with Gasteiger partial charge in [0.1, 0.15) is 17.2 Å². The first-order chi connectivity index (χ1) is 12.1. The first kappa shape index (κ1) is 15.4. The normalized spacial score (nSPS) is 13.7. The number of hydrogen-bond donors (Lipinski definition) is 2. The van der Waals surface area contributed by atoms with Gasteiger partial charge in [0, 0.05) is 24.6 Å². The highest BCUT2D eigenvalue weighted by Crippen LogP contribution is 2.40. The Hall–Kier alpha value is -3.09. The van der Waals surface area contributed by atoms with E-state index in [0.29, 0.717) is 28.9 Å². The Balaban J connectivity index is 1.52. The van der Waals surface area contributed by atoms with Crippen molar-refractivity contribution in [3.63, 3.8) is 0 Å². The average molecular weight is 337 g/mol. The van der Waals surface area contributed by atoms with Crippen molar-refractivity contribution in [3.8, 4) is 11.3 Å². The molecule has 0 saturated heterocycles. The number of carbonyl (C=O) groups excluding carboxylic acids is 1. The minimum Gasteiger partial charge on any atom is -0.354 e. The van der Waals surface area contributed by atoms with Crippen molar-refractivity contribution in [3.05, 3.63) is 47.8 Å². The fraction of sp³-hybridized carbons (Fsp3) is 0.278. The van der Waals surface area contributed by atoms with Gasteiger partial charge in [-0.2, -0.15) is 5.10 Å². The summed E-state index contributed by atoms with van der Waals surface area (Å²) >= 11 is 0. The molecule has 1 aliphatic carbocycles. The molecule has 3 aromatic rings. The number of nitrogens with zero attached hydrogens (tertiary/aromatic N) is 3. The minimum atomic E-state index is -0.353.